The molecule has 2 saturated heterocycles. The lowest BCUT2D eigenvalue weighted by molar-refractivity contribution is 0.139. The summed E-state index contributed by atoms with van der Waals surface area (Å²) in [5.41, 5.74) is 0.420. The number of rotatable bonds is 4. The first kappa shape index (κ1) is 21.0. The van der Waals surface area contributed by atoms with Crippen molar-refractivity contribution in [1.82, 2.24) is 20.0 Å². The molecular weight excluding hydrogens is 401 g/mol. The van der Waals surface area contributed by atoms with Crippen molar-refractivity contribution < 1.29 is 0 Å². The van der Waals surface area contributed by atoms with E-state index in [9.17, 15) is 0 Å². The van der Waals surface area contributed by atoms with Crippen LogP contribution in [0.5, 0.6) is 0 Å². The van der Waals surface area contributed by atoms with E-state index in [1.807, 2.05) is 7.05 Å². The van der Waals surface area contributed by atoms with Gasteiger partial charge in [0.1, 0.15) is 0 Å². The highest BCUT2D eigenvalue weighted by Crippen LogP contribution is 2.28. The minimum atomic E-state index is 0. The lowest BCUT2D eigenvalue weighted by Crippen LogP contribution is -2.48. The van der Waals surface area contributed by atoms with Gasteiger partial charge < -0.3 is 20.0 Å². The van der Waals surface area contributed by atoms with Crippen molar-refractivity contribution in [3.05, 3.63) is 0 Å². The summed E-state index contributed by atoms with van der Waals surface area (Å²) in [4.78, 5) is 11.9. The molecule has 2 heterocycles. The zero-order chi connectivity index (χ0) is 16.2. The average Bonchev–Trinajstić information content (AvgIpc) is 2.82. The number of piperazine rings is 1. The largest absolute Gasteiger partial charge is 0.356 e. The van der Waals surface area contributed by atoms with Crippen LogP contribution in [0, 0.1) is 11.3 Å². The molecule has 5 nitrogen and oxygen atoms in total. The van der Waals surface area contributed by atoms with Gasteiger partial charge in [0.15, 0.2) is 5.96 Å². The van der Waals surface area contributed by atoms with Crippen molar-refractivity contribution in [1.29, 1.82) is 0 Å². The molecule has 0 bridgehead atoms. The number of halogens is 1. The monoisotopic (exact) mass is 437 g/mol. The van der Waals surface area contributed by atoms with Crippen molar-refractivity contribution >= 4 is 29.9 Å². The number of hydrogen-bond acceptors (Lipinski definition) is 3. The van der Waals surface area contributed by atoms with E-state index in [0.29, 0.717) is 11.3 Å². The molecule has 0 amide bonds. The molecule has 1 N–H and O–H groups in total. The van der Waals surface area contributed by atoms with Gasteiger partial charge in [-0.15, -0.1) is 24.0 Å². The van der Waals surface area contributed by atoms with Crippen LogP contribution >= 0.6 is 24.0 Å². The zero-order valence-corrected chi connectivity index (χ0v) is 18.0. The molecule has 1 atom stereocenters. The zero-order valence-electron chi connectivity index (χ0n) is 15.6. The Morgan fingerprint density at radius 2 is 1.83 bits per heavy atom. The predicted molar refractivity (Wildman–Crippen MR) is 110 cm³/mol. The van der Waals surface area contributed by atoms with Gasteiger partial charge in [-0.05, 0) is 24.8 Å². The third-order valence-corrected chi connectivity index (χ3v) is 4.96. The van der Waals surface area contributed by atoms with Crippen LogP contribution in [0.15, 0.2) is 4.99 Å². The Labute approximate surface area is 159 Å². The lowest BCUT2D eigenvalue weighted by atomic mass is 9.93. The van der Waals surface area contributed by atoms with Gasteiger partial charge in [0, 0.05) is 59.4 Å². The second-order valence-electron chi connectivity index (χ2n) is 7.97. The normalized spacial score (nSPS) is 24.4. The second kappa shape index (κ2) is 9.42. The Morgan fingerprint density at radius 3 is 2.35 bits per heavy atom. The van der Waals surface area contributed by atoms with Crippen molar-refractivity contribution in [2.24, 2.45) is 16.3 Å². The molecule has 1 unspecified atom stereocenters. The number of nitrogens with one attached hydrogen (secondary N) is 1. The Balaban J connectivity index is 0.00000264. The van der Waals surface area contributed by atoms with Crippen LogP contribution in [0.1, 0.15) is 27.2 Å². The molecule has 0 aromatic heterocycles. The summed E-state index contributed by atoms with van der Waals surface area (Å²) in [7, 11) is 4.11. The van der Waals surface area contributed by atoms with Gasteiger partial charge in [-0.3, -0.25) is 4.99 Å². The molecule has 2 fully saturated rings. The minimum Gasteiger partial charge on any atom is -0.356 e. The molecule has 136 valence electrons. The maximum absolute atomic E-state index is 4.48. The summed E-state index contributed by atoms with van der Waals surface area (Å²) in [5, 5.41) is 3.59. The van der Waals surface area contributed by atoms with Crippen molar-refractivity contribution in [3.63, 3.8) is 0 Å². The van der Waals surface area contributed by atoms with Crippen LogP contribution in [0.2, 0.25) is 0 Å². The fourth-order valence-corrected chi connectivity index (χ4v) is 3.43. The lowest BCUT2D eigenvalue weighted by Gasteiger charge is -2.34. The Kier molecular flexibility index (Phi) is 8.58. The molecule has 0 aromatic carbocycles. The number of hydrogen-bond donors (Lipinski definition) is 1. The molecule has 23 heavy (non-hydrogen) atoms. The van der Waals surface area contributed by atoms with Crippen LogP contribution < -0.4 is 5.32 Å². The SMILES string of the molecule is CN=C(NCC(C)CN1CCN(C)CC1)N1CCC(C)(C)C1.I. The summed E-state index contributed by atoms with van der Waals surface area (Å²) < 4.78 is 0. The Hall–Kier alpha value is -0.0800. The van der Waals surface area contributed by atoms with E-state index >= 15 is 0 Å². The van der Waals surface area contributed by atoms with E-state index in [4.69, 9.17) is 0 Å². The molecule has 0 aromatic rings. The standard InChI is InChI=1S/C17H35N5.HI/c1-15(13-21-10-8-20(5)9-11-21)12-19-16(18-4)22-7-6-17(2,3)14-22;/h15H,6-14H2,1-5H3,(H,18,19);1H. The third-order valence-electron chi connectivity index (χ3n) is 4.96. The van der Waals surface area contributed by atoms with E-state index in [1.165, 1.54) is 39.1 Å². The van der Waals surface area contributed by atoms with Gasteiger partial charge in [-0.1, -0.05) is 20.8 Å². The molecule has 0 spiro atoms. The maximum atomic E-state index is 4.48. The number of nitrogens with zero attached hydrogens (tertiary/aromatic N) is 4. The molecule has 6 heteroatoms. The third kappa shape index (κ3) is 6.74. The number of guanidine groups is 1. The highest BCUT2D eigenvalue weighted by atomic mass is 127. The minimum absolute atomic E-state index is 0. The fourth-order valence-electron chi connectivity index (χ4n) is 3.43. The maximum Gasteiger partial charge on any atom is 0.193 e. The van der Waals surface area contributed by atoms with Gasteiger partial charge in [0.05, 0.1) is 0 Å². The molecule has 0 radical (unpaired) electrons. The molecule has 0 aliphatic carbocycles. The van der Waals surface area contributed by atoms with Crippen LogP contribution in [0.3, 0.4) is 0 Å². The van der Waals surface area contributed by atoms with Gasteiger partial charge >= 0.3 is 0 Å². The number of aliphatic imine (C=N–C) groups is 1. The summed E-state index contributed by atoms with van der Waals surface area (Å²) >= 11 is 0. The predicted octanol–water partition coefficient (Wildman–Crippen LogP) is 1.80. The Bertz CT molecular complexity index is 377. The highest BCUT2D eigenvalue weighted by Gasteiger charge is 2.30. The molecule has 2 rings (SSSR count). The van der Waals surface area contributed by atoms with Crippen LogP contribution in [-0.4, -0.2) is 87.1 Å². The van der Waals surface area contributed by atoms with E-state index in [0.717, 1.165) is 25.6 Å². The molecule has 2 aliphatic heterocycles. The first-order valence-electron chi connectivity index (χ1n) is 8.76. The summed E-state index contributed by atoms with van der Waals surface area (Å²) in [6, 6.07) is 0. The molecular formula is C17H36IN5. The van der Waals surface area contributed by atoms with Gasteiger partial charge in [-0.25, -0.2) is 0 Å². The Morgan fingerprint density at radius 1 is 1.17 bits per heavy atom. The van der Waals surface area contributed by atoms with E-state index in [-0.39, 0.29) is 24.0 Å². The number of likely N-dealkylation sites (tertiary alicyclic amines) is 1. The molecule has 0 saturated carbocycles. The van der Waals surface area contributed by atoms with Gasteiger partial charge in [0.25, 0.3) is 0 Å². The van der Waals surface area contributed by atoms with Crippen LogP contribution in [0.25, 0.3) is 0 Å². The fraction of sp³-hybridized carbons (Fsp3) is 0.941. The number of likely N-dealkylation sites (N-methyl/N-ethyl adjacent to an activating group) is 1. The summed E-state index contributed by atoms with van der Waals surface area (Å²) in [6.45, 7) is 16.3. The average molecular weight is 437 g/mol. The van der Waals surface area contributed by atoms with Crippen LogP contribution in [-0.2, 0) is 0 Å². The smallest absolute Gasteiger partial charge is 0.193 e. The van der Waals surface area contributed by atoms with Crippen molar-refractivity contribution in [2.45, 2.75) is 27.2 Å². The second-order valence-corrected chi connectivity index (χ2v) is 7.97. The van der Waals surface area contributed by atoms with E-state index < -0.39 is 0 Å². The quantitative estimate of drug-likeness (QED) is 0.413. The summed E-state index contributed by atoms with van der Waals surface area (Å²) in [6.07, 6.45) is 1.25. The van der Waals surface area contributed by atoms with Gasteiger partial charge in [0.2, 0.25) is 0 Å². The summed E-state index contributed by atoms with van der Waals surface area (Å²) in [5.74, 6) is 1.73. The van der Waals surface area contributed by atoms with Crippen molar-refractivity contribution in [3.8, 4) is 0 Å². The topological polar surface area (TPSA) is 34.1 Å². The first-order chi connectivity index (χ1) is 10.4. The van der Waals surface area contributed by atoms with Crippen molar-refractivity contribution in [2.75, 3.05) is 66.5 Å². The van der Waals surface area contributed by atoms with Gasteiger partial charge in [-0.2, -0.15) is 0 Å². The van der Waals surface area contributed by atoms with E-state index in [2.05, 4.69) is 52.8 Å². The molecule has 2 aliphatic rings. The first-order valence-corrected chi connectivity index (χ1v) is 8.76. The highest BCUT2D eigenvalue weighted by molar-refractivity contribution is 14.0. The van der Waals surface area contributed by atoms with E-state index in [1.54, 1.807) is 0 Å². The van der Waals surface area contributed by atoms with Crippen LogP contribution in [0.4, 0.5) is 0 Å².